The van der Waals surface area contributed by atoms with Crippen LogP contribution in [0.3, 0.4) is 0 Å². The van der Waals surface area contributed by atoms with Crippen LogP contribution in [0.2, 0.25) is 0 Å². The molecule has 0 radical (unpaired) electrons. The highest BCUT2D eigenvalue weighted by Crippen LogP contribution is 2.62. The predicted octanol–water partition coefficient (Wildman–Crippen LogP) is 1.28. The monoisotopic (exact) mass is 264 g/mol. The summed E-state index contributed by atoms with van der Waals surface area (Å²) >= 11 is 0. The molecule has 2 aliphatic heterocycles. The second kappa shape index (κ2) is 3.41. The minimum absolute atomic E-state index is 0.0142. The molecule has 0 aromatic carbocycles. The van der Waals surface area contributed by atoms with Crippen molar-refractivity contribution < 1.29 is 19.4 Å². The van der Waals surface area contributed by atoms with Crippen LogP contribution >= 0.6 is 0 Å². The van der Waals surface area contributed by atoms with Crippen molar-refractivity contribution in [2.75, 3.05) is 0 Å². The van der Waals surface area contributed by atoms with Gasteiger partial charge in [0, 0.05) is 16.9 Å². The minimum Gasteiger partial charge on any atom is -0.458 e. The van der Waals surface area contributed by atoms with Gasteiger partial charge < -0.3 is 14.6 Å². The summed E-state index contributed by atoms with van der Waals surface area (Å²) in [4.78, 5) is 11.7. The first-order valence-electron chi connectivity index (χ1n) is 7.17. The molecular formula is C15H20O4. The van der Waals surface area contributed by atoms with Crippen LogP contribution in [0, 0.1) is 23.2 Å². The molecule has 19 heavy (non-hydrogen) atoms. The van der Waals surface area contributed by atoms with Crippen LogP contribution in [0.4, 0.5) is 0 Å². The lowest BCUT2D eigenvalue weighted by Crippen LogP contribution is -2.40. The van der Waals surface area contributed by atoms with Crippen molar-refractivity contribution in [3.05, 3.63) is 12.2 Å². The Labute approximate surface area is 112 Å². The molecular weight excluding hydrogens is 244 g/mol. The van der Waals surface area contributed by atoms with Gasteiger partial charge in [0.2, 0.25) is 0 Å². The van der Waals surface area contributed by atoms with Crippen molar-refractivity contribution in [3.8, 4) is 0 Å². The summed E-state index contributed by atoms with van der Waals surface area (Å²) in [7, 11) is 0. The molecule has 2 saturated carbocycles. The molecule has 1 N–H and O–H groups in total. The summed E-state index contributed by atoms with van der Waals surface area (Å²) in [5, 5.41) is 10.5. The number of carbonyl (C=O) groups excluding carboxylic acids is 1. The van der Waals surface area contributed by atoms with Gasteiger partial charge in [0.15, 0.2) is 0 Å². The fourth-order valence-electron chi connectivity index (χ4n) is 4.98. The highest BCUT2D eigenvalue weighted by Gasteiger charge is 2.70. The van der Waals surface area contributed by atoms with E-state index >= 15 is 0 Å². The zero-order valence-corrected chi connectivity index (χ0v) is 11.3. The number of fused-ring (bicyclic) bond motifs is 4. The van der Waals surface area contributed by atoms with E-state index in [0.29, 0.717) is 17.4 Å². The van der Waals surface area contributed by atoms with Crippen LogP contribution in [0.1, 0.15) is 26.7 Å². The topological polar surface area (TPSA) is 59.1 Å². The molecule has 0 aromatic heterocycles. The zero-order chi connectivity index (χ0) is 13.5. The van der Waals surface area contributed by atoms with Crippen molar-refractivity contribution in [2.45, 2.75) is 51.1 Å². The maximum atomic E-state index is 11.7. The van der Waals surface area contributed by atoms with Crippen LogP contribution in [-0.2, 0) is 14.3 Å². The first kappa shape index (κ1) is 11.9. The molecule has 8 atom stereocenters. The number of aliphatic hydroxyl groups is 1. The van der Waals surface area contributed by atoms with Crippen LogP contribution in [0.15, 0.2) is 12.2 Å². The Morgan fingerprint density at radius 1 is 1.42 bits per heavy atom. The Balaban J connectivity index is 1.73. The SMILES string of the molecule is C=C1C(=O)O[C@H]2C[C@@H](C)[C@@H]3[C@H]4O[C@H]4[C@H](O)[C@]3(C)C[C@H]12. The fraction of sp³-hybridized carbons (Fsp3) is 0.800. The lowest BCUT2D eigenvalue weighted by atomic mass is 9.68. The quantitative estimate of drug-likeness (QED) is 0.407. The Kier molecular flexibility index (Phi) is 2.14. The number of esters is 1. The summed E-state index contributed by atoms with van der Waals surface area (Å²) in [6.45, 7) is 8.24. The van der Waals surface area contributed by atoms with Gasteiger partial charge in [-0.25, -0.2) is 4.79 Å². The molecule has 104 valence electrons. The van der Waals surface area contributed by atoms with E-state index in [1.807, 2.05) is 0 Å². The van der Waals surface area contributed by atoms with E-state index in [0.717, 1.165) is 12.8 Å². The summed E-state index contributed by atoms with van der Waals surface area (Å²) < 4.78 is 11.1. The maximum Gasteiger partial charge on any atom is 0.334 e. The third-order valence-corrected chi connectivity index (χ3v) is 5.96. The predicted molar refractivity (Wildman–Crippen MR) is 67.2 cm³/mol. The summed E-state index contributed by atoms with van der Waals surface area (Å²) in [6.07, 6.45) is 1.39. The van der Waals surface area contributed by atoms with Gasteiger partial charge in [0.05, 0.1) is 12.2 Å². The second-order valence-electron chi connectivity index (χ2n) is 7.03. The highest BCUT2D eigenvalue weighted by atomic mass is 16.6. The largest absolute Gasteiger partial charge is 0.458 e. The fourth-order valence-corrected chi connectivity index (χ4v) is 4.98. The zero-order valence-electron chi connectivity index (χ0n) is 11.3. The molecule has 0 amide bonds. The molecule has 0 unspecified atom stereocenters. The van der Waals surface area contributed by atoms with Crippen LogP contribution < -0.4 is 0 Å². The molecule has 4 aliphatic rings. The van der Waals surface area contributed by atoms with E-state index in [4.69, 9.17) is 9.47 Å². The Hall–Kier alpha value is -0.870. The third kappa shape index (κ3) is 1.34. The van der Waals surface area contributed by atoms with Crippen LogP contribution in [0.5, 0.6) is 0 Å². The van der Waals surface area contributed by atoms with Gasteiger partial charge in [-0.05, 0) is 24.7 Å². The normalized spacial score (nSPS) is 59.0. The first-order valence-corrected chi connectivity index (χ1v) is 7.17. The van der Waals surface area contributed by atoms with Crippen molar-refractivity contribution in [1.82, 2.24) is 0 Å². The molecule has 4 rings (SSSR count). The van der Waals surface area contributed by atoms with Crippen molar-refractivity contribution in [3.63, 3.8) is 0 Å². The van der Waals surface area contributed by atoms with Gasteiger partial charge in [0.25, 0.3) is 0 Å². The molecule has 2 heterocycles. The van der Waals surface area contributed by atoms with Crippen molar-refractivity contribution in [2.24, 2.45) is 23.2 Å². The van der Waals surface area contributed by atoms with E-state index < -0.39 is 6.10 Å². The van der Waals surface area contributed by atoms with Crippen molar-refractivity contribution in [1.29, 1.82) is 0 Å². The average molecular weight is 264 g/mol. The number of rotatable bonds is 0. The van der Waals surface area contributed by atoms with E-state index in [2.05, 4.69) is 20.4 Å². The van der Waals surface area contributed by atoms with E-state index in [1.54, 1.807) is 0 Å². The van der Waals surface area contributed by atoms with Crippen LogP contribution in [-0.4, -0.2) is 35.5 Å². The van der Waals surface area contributed by atoms with E-state index in [-0.39, 0.29) is 35.6 Å². The molecule has 2 saturated heterocycles. The molecule has 0 aromatic rings. The number of carbonyl (C=O) groups is 1. The van der Waals surface area contributed by atoms with Crippen molar-refractivity contribution >= 4 is 5.97 Å². The molecule has 2 aliphatic carbocycles. The molecule has 4 heteroatoms. The molecule has 4 fully saturated rings. The van der Waals surface area contributed by atoms with Crippen LogP contribution in [0.25, 0.3) is 0 Å². The number of epoxide rings is 1. The average Bonchev–Trinajstić information content (AvgIpc) is 3.04. The standard InChI is InChI=1S/C15H20O4/c1-6-4-9-8(7(2)14(17)18-9)5-15(3)10(6)11-12(19-11)13(15)16/h6,8-13,16H,2,4-5H2,1,3H3/t6-,8-,9+,10-,11-,12-,13+,15-/m1/s1. The minimum atomic E-state index is -0.424. The molecule has 4 nitrogen and oxygen atoms in total. The summed E-state index contributed by atoms with van der Waals surface area (Å²) in [5.41, 5.74) is 0.413. The van der Waals surface area contributed by atoms with Gasteiger partial charge in [0.1, 0.15) is 12.2 Å². The summed E-state index contributed by atoms with van der Waals surface area (Å²) in [6, 6.07) is 0. The second-order valence-corrected chi connectivity index (χ2v) is 7.03. The Bertz CT molecular complexity index is 473. The number of hydrogen-bond acceptors (Lipinski definition) is 4. The van der Waals surface area contributed by atoms with Gasteiger partial charge in [-0.3, -0.25) is 0 Å². The van der Waals surface area contributed by atoms with Gasteiger partial charge >= 0.3 is 5.97 Å². The molecule has 0 spiro atoms. The summed E-state index contributed by atoms with van der Waals surface area (Å²) in [5.74, 6) is 0.575. The lowest BCUT2D eigenvalue weighted by Gasteiger charge is -2.38. The third-order valence-electron chi connectivity index (χ3n) is 5.96. The first-order chi connectivity index (χ1) is 8.93. The molecule has 0 bridgehead atoms. The highest BCUT2D eigenvalue weighted by molar-refractivity contribution is 5.90. The Morgan fingerprint density at radius 3 is 2.89 bits per heavy atom. The number of hydrogen-bond donors (Lipinski definition) is 1. The Morgan fingerprint density at radius 2 is 2.16 bits per heavy atom. The number of ether oxygens (including phenoxy) is 2. The van der Waals surface area contributed by atoms with Gasteiger partial charge in [-0.1, -0.05) is 20.4 Å². The van der Waals surface area contributed by atoms with E-state index in [1.165, 1.54) is 0 Å². The smallest absolute Gasteiger partial charge is 0.334 e. The van der Waals surface area contributed by atoms with Gasteiger partial charge in [-0.2, -0.15) is 0 Å². The lowest BCUT2D eigenvalue weighted by molar-refractivity contribution is -0.139. The van der Waals surface area contributed by atoms with E-state index in [9.17, 15) is 9.90 Å². The van der Waals surface area contributed by atoms with Gasteiger partial charge in [-0.15, -0.1) is 0 Å². The maximum absolute atomic E-state index is 11.7. The number of aliphatic hydroxyl groups excluding tert-OH is 1.